The van der Waals surface area contributed by atoms with Gasteiger partial charge < -0.3 is 15.9 Å². The van der Waals surface area contributed by atoms with Crippen molar-refractivity contribution in [2.75, 3.05) is 0 Å². The summed E-state index contributed by atoms with van der Waals surface area (Å²) < 4.78 is 0. The third-order valence-corrected chi connectivity index (χ3v) is 2.67. The molecule has 0 spiro atoms. The molecule has 4 N–H and O–H groups in total. The average molecular weight is 251 g/mol. The number of Topliss-reactive ketones (excluding diaryl/α,β-unsaturated/α-hetero) is 1. The van der Waals surface area contributed by atoms with Crippen molar-refractivity contribution >= 4 is 11.7 Å². The van der Waals surface area contributed by atoms with Gasteiger partial charge in [-0.2, -0.15) is 0 Å². The Bertz CT molecular complexity index is 427. The van der Waals surface area contributed by atoms with E-state index in [1.807, 2.05) is 0 Å². The molecule has 0 aromatic heterocycles. The molecular formula is C13H17NO4. The van der Waals surface area contributed by atoms with Crippen molar-refractivity contribution < 1.29 is 19.8 Å². The molecule has 1 aromatic carbocycles. The molecule has 1 rings (SSSR count). The molecule has 0 aliphatic rings. The van der Waals surface area contributed by atoms with E-state index in [0.29, 0.717) is 17.5 Å². The van der Waals surface area contributed by atoms with E-state index in [0.717, 1.165) is 0 Å². The van der Waals surface area contributed by atoms with Crippen LogP contribution >= 0.6 is 0 Å². The number of benzene rings is 1. The zero-order chi connectivity index (χ0) is 13.7. The molecule has 0 saturated heterocycles. The highest BCUT2D eigenvalue weighted by molar-refractivity contribution is 5.95. The van der Waals surface area contributed by atoms with Crippen LogP contribution in [0.3, 0.4) is 0 Å². The fourth-order valence-corrected chi connectivity index (χ4v) is 1.61. The van der Waals surface area contributed by atoms with Gasteiger partial charge in [-0.05, 0) is 5.56 Å². The molecule has 0 bridgehead atoms. The van der Waals surface area contributed by atoms with Crippen LogP contribution in [0.5, 0.6) is 0 Å². The van der Waals surface area contributed by atoms with Crippen LogP contribution in [0.1, 0.15) is 41.8 Å². The number of aliphatic hydroxyl groups excluding tert-OH is 2. The largest absolute Gasteiger partial charge is 0.390 e. The number of primary amides is 1. The van der Waals surface area contributed by atoms with Crippen molar-refractivity contribution in [3.63, 3.8) is 0 Å². The van der Waals surface area contributed by atoms with Gasteiger partial charge in [0, 0.05) is 12.0 Å². The molecule has 1 aromatic rings. The summed E-state index contributed by atoms with van der Waals surface area (Å²) in [6.07, 6.45) is -2.33. The molecule has 98 valence electrons. The van der Waals surface area contributed by atoms with Crippen molar-refractivity contribution in [2.24, 2.45) is 5.73 Å². The third-order valence-electron chi connectivity index (χ3n) is 2.67. The maximum Gasteiger partial charge on any atom is 0.220 e. The van der Waals surface area contributed by atoms with Gasteiger partial charge in [-0.3, -0.25) is 9.59 Å². The molecule has 2 unspecified atom stereocenters. The van der Waals surface area contributed by atoms with Crippen LogP contribution in [0.15, 0.2) is 24.3 Å². The van der Waals surface area contributed by atoms with Crippen molar-refractivity contribution in [3.8, 4) is 0 Å². The summed E-state index contributed by atoms with van der Waals surface area (Å²) in [7, 11) is 0. The molecule has 0 aliphatic heterocycles. The topological polar surface area (TPSA) is 101 Å². The van der Waals surface area contributed by atoms with Gasteiger partial charge in [0.1, 0.15) is 6.10 Å². The van der Waals surface area contributed by atoms with Gasteiger partial charge in [0.15, 0.2) is 5.78 Å². The van der Waals surface area contributed by atoms with E-state index in [2.05, 4.69) is 0 Å². The fourth-order valence-electron chi connectivity index (χ4n) is 1.61. The zero-order valence-corrected chi connectivity index (χ0v) is 10.2. The molecule has 5 heteroatoms. The lowest BCUT2D eigenvalue weighted by Crippen LogP contribution is -2.25. The summed E-state index contributed by atoms with van der Waals surface area (Å²) in [4.78, 5) is 22.0. The molecule has 0 aliphatic carbocycles. The monoisotopic (exact) mass is 251 g/mol. The van der Waals surface area contributed by atoms with Gasteiger partial charge in [-0.25, -0.2) is 0 Å². The molecule has 0 radical (unpaired) electrons. The second-order valence-electron chi connectivity index (χ2n) is 4.08. The first-order chi connectivity index (χ1) is 8.45. The molecule has 0 saturated carbocycles. The van der Waals surface area contributed by atoms with E-state index in [-0.39, 0.29) is 12.2 Å². The van der Waals surface area contributed by atoms with Crippen LogP contribution in [-0.2, 0) is 4.79 Å². The summed E-state index contributed by atoms with van der Waals surface area (Å²) in [5.41, 5.74) is 5.93. The maximum atomic E-state index is 11.4. The molecule has 18 heavy (non-hydrogen) atoms. The molecule has 2 atom stereocenters. The minimum absolute atomic E-state index is 0.00808. The van der Waals surface area contributed by atoms with Crippen LogP contribution in [0.25, 0.3) is 0 Å². The highest BCUT2D eigenvalue weighted by atomic mass is 16.3. The lowest BCUT2D eigenvalue weighted by molar-refractivity contribution is -0.121. The van der Waals surface area contributed by atoms with E-state index in [9.17, 15) is 19.8 Å². The zero-order valence-electron chi connectivity index (χ0n) is 10.2. The first-order valence-corrected chi connectivity index (χ1v) is 5.73. The third kappa shape index (κ3) is 3.65. The number of amides is 1. The van der Waals surface area contributed by atoms with E-state index >= 15 is 0 Å². The number of aliphatic hydroxyl groups is 2. The van der Waals surface area contributed by atoms with E-state index in [1.165, 1.54) is 0 Å². The average Bonchev–Trinajstić information content (AvgIpc) is 2.36. The smallest absolute Gasteiger partial charge is 0.220 e. The number of hydrogen-bond donors (Lipinski definition) is 3. The minimum Gasteiger partial charge on any atom is -0.390 e. The number of hydrogen-bond acceptors (Lipinski definition) is 4. The quantitative estimate of drug-likeness (QED) is 0.642. The summed E-state index contributed by atoms with van der Waals surface area (Å²) >= 11 is 0. The SMILES string of the molecule is CCC(=O)c1ccc(C(O)C(O)CC(N)=O)cc1. The Labute approximate surface area is 105 Å². The van der Waals surface area contributed by atoms with Gasteiger partial charge in [0.25, 0.3) is 0 Å². The highest BCUT2D eigenvalue weighted by Gasteiger charge is 2.20. The number of carbonyl (C=O) groups excluding carboxylic acids is 2. The number of carbonyl (C=O) groups is 2. The summed E-state index contributed by atoms with van der Waals surface area (Å²) in [6.45, 7) is 1.77. The van der Waals surface area contributed by atoms with Crippen molar-refractivity contribution in [1.82, 2.24) is 0 Å². The van der Waals surface area contributed by atoms with E-state index < -0.39 is 18.1 Å². The summed E-state index contributed by atoms with van der Waals surface area (Å²) in [5.74, 6) is -0.673. The number of nitrogens with two attached hydrogens (primary N) is 1. The van der Waals surface area contributed by atoms with Gasteiger partial charge in [0.05, 0.1) is 12.5 Å². The first-order valence-electron chi connectivity index (χ1n) is 5.73. The fraction of sp³-hybridized carbons (Fsp3) is 0.385. The summed E-state index contributed by atoms with van der Waals surface area (Å²) in [6, 6.07) is 6.28. The Kier molecular flexibility index (Phi) is 5.00. The lowest BCUT2D eigenvalue weighted by Gasteiger charge is -2.16. The standard InChI is InChI=1S/C13H17NO4/c1-2-10(15)8-3-5-9(6-4-8)13(18)11(16)7-12(14)17/h3-6,11,13,16,18H,2,7H2,1H3,(H2,14,17). The Morgan fingerprint density at radius 3 is 2.22 bits per heavy atom. The molecule has 5 nitrogen and oxygen atoms in total. The predicted octanol–water partition coefficient (Wildman–Crippen LogP) is 0.549. The second kappa shape index (κ2) is 6.28. The van der Waals surface area contributed by atoms with Crippen molar-refractivity contribution in [1.29, 1.82) is 0 Å². The predicted molar refractivity (Wildman–Crippen MR) is 65.8 cm³/mol. The minimum atomic E-state index is -1.24. The van der Waals surface area contributed by atoms with Gasteiger partial charge in [0.2, 0.25) is 5.91 Å². The Hall–Kier alpha value is -1.72. The van der Waals surface area contributed by atoms with Gasteiger partial charge >= 0.3 is 0 Å². The molecule has 1 amide bonds. The van der Waals surface area contributed by atoms with Crippen molar-refractivity contribution in [2.45, 2.75) is 32.0 Å². The van der Waals surface area contributed by atoms with E-state index in [4.69, 9.17) is 5.73 Å². The van der Waals surface area contributed by atoms with Gasteiger partial charge in [-0.1, -0.05) is 31.2 Å². The molecular weight excluding hydrogens is 234 g/mol. The number of rotatable bonds is 6. The molecule has 0 heterocycles. The summed E-state index contributed by atoms with van der Waals surface area (Å²) in [5, 5.41) is 19.3. The first kappa shape index (κ1) is 14.3. The Morgan fingerprint density at radius 1 is 1.22 bits per heavy atom. The lowest BCUT2D eigenvalue weighted by atomic mass is 9.99. The Morgan fingerprint density at radius 2 is 1.78 bits per heavy atom. The van der Waals surface area contributed by atoms with E-state index in [1.54, 1.807) is 31.2 Å². The van der Waals surface area contributed by atoms with Crippen molar-refractivity contribution in [3.05, 3.63) is 35.4 Å². The van der Waals surface area contributed by atoms with Crippen LogP contribution < -0.4 is 5.73 Å². The van der Waals surface area contributed by atoms with Crippen LogP contribution in [0.4, 0.5) is 0 Å². The second-order valence-corrected chi connectivity index (χ2v) is 4.08. The number of ketones is 1. The van der Waals surface area contributed by atoms with Crippen LogP contribution in [0.2, 0.25) is 0 Å². The van der Waals surface area contributed by atoms with Gasteiger partial charge in [-0.15, -0.1) is 0 Å². The maximum absolute atomic E-state index is 11.4. The highest BCUT2D eigenvalue weighted by Crippen LogP contribution is 2.19. The molecule has 0 fully saturated rings. The Balaban J connectivity index is 2.78. The normalized spacial score (nSPS) is 13.9. The van der Waals surface area contributed by atoms with Crippen LogP contribution in [0, 0.1) is 0 Å². The van der Waals surface area contributed by atoms with Crippen LogP contribution in [-0.4, -0.2) is 28.0 Å².